The van der Waals surface area contributed by atoms with Gasteiger partial charge < -0.3 is 4.74 Å². The lowest BCUT2D eigenvalue weighted by molar-refractivity contribution is 0.101. The monoisotopic (exact) mass is 291 g/mol. The van der Waals surface area contributed by atoms with Crippen molar-refractivity contribution in [1.82, 2.24) is 0 Å². The molecule has 1 atom stereocenters. The van der Waals surface area contributed by atoms with Gasteiger partial charge in [0.2, 0.25) is 5.90 Å². The van der Waals surface area contributed by atoms with Crippen LogP contribution in [0.2, 0.25) is 0 Å². The average molecular weight is 291 g/mol. The van der Waals surface area contributed by atoms with Crippen molar-refractivity contribution in [2.24, 2.45) is 4.99 Å². The average Bonchev–Trinajstić information content (AvgIpc) is 3.05. The third-order valence-electron chi connectivity index (χ3n) is 3.73. The molecule has 0 unspecified atom stereocenters. The SMILES string of the molecule is C=C(c1ccc(C(C)=O)cc1)[C@H]1CN=C(c2ccccc2)O1. The Morgan fingerprint density at radius 3 is 2.36 bits per heavy atom. The van der Waals surface area contributed by atoms with E-state index in [0.717, 1.165) is 16.7 Å². The Bertz CT molecular complexity index is 730. The lowest BCUT2D eigenvalue weighted by atomic mass is 10.00. The molecule has 3 nitrogen and oxygen atoms in total. The molecule has 0 bridgehead atoms. The van der Waals surface area contributed by atoms with Gasteiger partial charge in [-0.1, -0.05) is 49.0 Å². The lowest BCUT2D eigenvalue weighted by Crippen LogP contribution is -2.15. The quantitative estimate of drug-likeness (QED) is 0.805. The summed E-state index contributed by atoms with van der Waals surface area (Å²) in [5.74, 6) is 0.719. The standard InChI is InChI=1S/C19H17NO2/c1-13(15-8-10-16(11-9-15)14(2)21)18-12-20-19(22-18)17-6-4-3-5-7-17/h3-11,18H,1,12H2,2H3/t18-/m1/s1. The second-order valence-electron chi connectivity index (χ2n) is 5.28. The van der Waals surface area contributed by atoms with Gasteiger partial charge in [-0.15, -0.1) is 0 Å². The molecule has 0 spiro atoms. The van der Waals surface area contributed by atoms with Crippen LogP contribution in [-0.4, -0.2) is 24.3 Å². The number of aliphatic imine (C=N–C) groups is 1. The molecule has 0 amide bonds. The molecule has 3 rings (SSSR count). The van der Waals surface area contributed by atoms with Crippen LogP contribution in [0.15, 0.2) is 66.2 Å². The Hall–Kier alpha value is -2.68. The second-order valence-corrected chi connectivity index (χ2v) is 5.28. The molecule has 0 fully saturated rings. The molecule has 1 heterocycles. The highest BCUT2D eigenvalue weighted by Gasteiger charge is 2.24. The van der Waals surface area contributed by atoms with E-state index in [1.165, 1.54) is 0 Å². The summed E-state index contributed by atoms with van der Waals surface area (Å²) in [5, 5.41) is 0. The fourth-order valence-electron chi connectivity index (χ4n) is 2.40. The number of rotatable bonds is 4. The van der Waals surface area contributed by atoms with Gasteiger partial charge >= 0.3 is 0 Å². The number of nitrogens with zero attached hydrogens (tertiary/aromatic N) is 1. The zero-order chi connectivity index (χ0) is 15.5. The molecule has 2 aromatic rings. The van der Waals surface area contributed by atoms with Crippen LogP contribution in [0.1, 0.15) is 28.4 Å². The summed E-state index contributed by atoms with van der Waals surface area (Å²) in [5.41, 5.74) is 3.53. The van der Waals surface area contributed by atoms with Gasteiger partial charge in [0, 0.05) is 11.1 Å². The van der Waals surface area contributed by atoms with Crippen molar-refractivity contribution in [3.05, 3.63) is 77.9 Å². The lowest BCUT2D eigenvalue weighted by Gasteiger charge is -2.15. The summed E-state index contributed by atoms with van der Waals surface area (Å²) >= 11 is 0. The molecule has 3 heteroatoms. The van der Waals surface area contributed by atoms with Crippen molar-refractivity contribution in [1.29, 1.82) is 0 Å². The first-order chi connectivity index (χ1) is 10.6. The largest absolute Gasteiger partial charge is 0.467 e. The minimum Gasteiger partial charge on any atom is -0.467 e. The summed E-state index contributed by atoms with van der Waals surface area (Å²) in [4.78, 5) is 15.8. The van der Waals surface area contributed by atoms with Gasteiger partial charge in [-0.05, 0) is 30.2 Å². The Morgan fingerprint density at radius 1 is 1.09 bits per heavy atom. The van der Waals surface area contributed by atoms with Crippen LogP contribution >= 0.6 is 0 Å². The Kier molecular flexibility index (Phi) is 3.88. The Labute approximate surface area is 130 Å². The van der Waals surface area contributed by atoms with Crippen LogP contribution in [0.25, 0.3) is 5.57 Å². The highest BCUT2D eigenvalue weighted by molar-refractivity contribution is 5.96. The third kappa shape index (κ3) is 2.84. The number of ether oxygens (including phenoxy) is 1. The van der Waals surface area contributed by atoms with Crippen LogP contribution in [-0.2, 0) is 4.74 Å². The number of benzene rings is 2. The molecule has 110 valence electrons. The van der Waals surface area contributed by atoms with E-state index in [-0.39, 0.29) is 11.9 Å². The number of carbonyl (C=O) groups is 1. The maximum absolute atomic E-state index is 11.3. The number of hydrogen-bond acceptors (Lipinski definition) is 3. The molecule has 2 aromatic carbocycles. The van der Waals surface area contributed by atoms with Gasteiger partial charge in [0.25, 0.3) is 0 Å². The van der Waals surface area contributed by atoms with E-state index in [1.54, 1.807) is 6.92 Å². The predicted octanol–water partition coefficient (Wildman–Crippen LogP) is 3.75. The molecule has 0 radical (unpaired) electrons. The van der Waals surface area contributed by atoms with Crippen molar-refractivity contribution in [3.8, 4) is 0 Å². The van der Waals surface area contributed by atoms with Crippen molar-refractivity contribution in [2.45, 2.75) is 13.0 Å². The van der Waals surface area contributed by atoms with E-state index in [1.807, 2.05) is 54.6 Å². The van der Waals surface area contributed by atoms with Crippen LogP contribution in [0.5, 0.6) is 0 Å². The van der Waals surface area contributed by atoms with Gasteiger partial charge in [-0.25, -0.2) is 4.99 Å². The van der Waals surface area contributed by atoms with Gasteiger partial charge in [0.1, 0.15) is 6.10 Å². The van der Waals surface area contributed by atoms with E-state index < -0.39 is 0 Å². The summed E-state index contributed by atoms with van der Waals surface area (Å²) in [6.07, 6.45) is -0.154. The van der Waals surface area contributed by atoms with Gasteiger partial charge in [0.15, 0.2) is 5.78 Å². The molecule has 0 aliphatic carbocycles. The number of hydrogen-bond donors (Lipinski definition) is 0. The molecule has 0 aromatic heterocycles. The van der Waals surface area contributed by atoms with Crippen molar-refractivity contribution in [2.75, 3.05) is 6.54 Å². The molecule has 1 aliphatic rings. The summed E-state index contributed by atoms with van der Waals surface area (Å²) < 4.78 is 5.92. The molecule has 22 heavy (non-hydrogen) atoms. The normalized spacial score (nSPS) is 16.8. The molecule has 1 aliphatic heterocycles. The van der Waals surface area contributed by atoms with Crippen LogP contribution in [0, 0.1) is 0 Å². The fraction of sp³-hybridized carbons (Fsp3) is 0.158. The van der Waals surface area contributed by atoms with E-state index in [0.29, 0.717) is 18.0 Å². The third-order valence-corrected chi connectivity index (χ3v) is 3.73. The Morgan fingerprint density at radius 2 is 1.73 bits per heavy atom. The minimum atomic E-state index is -0.154. The topological polar surface area (TPSA) is 38.7 Å². The van der Waals surface area contributed by atoms with E-state index in [4.69, 9.17) is 4.74 Å². The van der Waals surface area contributed by atoms with Crippen molar-refractivity contribution < 1.29 is 9.53 Å². The number of carbonyl (C=O) groups excluding carboxylic acids is 1. The van der Waals surface area contributed by atoms with E-state index in [2.05, 4.69) is 11.6 Å². The van der Waals surface area contributed by atoms with Crippen LogP contribution in [0.4, 0.5) is 0 Å². The minimum absolute atomic E-state index is 0.0592. The summed E-state index contributed by atoms with van der Waals surface area (Å²) in [6.45, 7) is 6.25. The van der Waals surface area contributed by atoms with Crippen LogP contribution < -0.4 is 0 Å². The molecule has 0 saturated carbocycles. The van der Waals surface area contributed by atoms with Crippen molar-refractivity contribution >= 4 is 17.3 Å². The second kappa shape index (κ2) is 5.98. The zero-order valence-corrected chi connectivity index (χ0v) is 12.5. The van der Waals surface area contributed by atoms with Gasteiger partial charge in [-0.2, -0.15) is 0 Å². The predicted molar refractivity (Wildman–Crippen MR) is 88.2 cm³/mol. The summed E-state index contributed by atoms with van der Waals surface area (Å²) in [6, 6.07) is 17.3. The fourth-order valence-corrected chi connectivity index (χ4v) is 2.40. The van der Waals surface area contributed by atoms with E-state index in [9.17, 15) is 4.79 Å². The van der Waals surface area contributed by atoms with Crippen LogP contribution in [0.3, 0.4) is 0 Å². The van der Waals surface area contributed by atoms with Gasteiger partial charge in [-0.3, -0.25) is 4.79 Å². The molecular weight excluding hydrogens is 274 g/mol. The molecular formula is C19H17NO2. The number of Topliss-reactive ketones (excluding diaryl/α,β-unsaturated/α-hetero) is 1. The zero-order valence-electron chi connectivity index (χ0n) is 12.5. The molecule has 0 N–H and O–H groups in total. The maximum Gasteiger partial charge on any atom is 0.216 e. The number of ketones is 1. The smallest absolute Gasteiger partial charge is 0.216 e. The highest BCUT2D eigenvalue weighted by Crippen LogP contribution is 2.24. The van der Waals surface area contributed by atoms with E-state index >= 15 is 0 Å². The first-order valence-corrected chi connectivity index (χ1v) is 7.22. The molecule has 0 saturated heterocycles. The Balaban J connectivity index is 1.71. The summed E-state index contributed by atoms with van der Waals surface area (Å²) in [7, 11) is 0. The first kappa shape index (κ1) is 14.3. The van der Waals surface area contributed by atoms with Crippen molar-refractivity contribution in [3.63, 3.8) is 0 Å². The maximum atomic E-state index is 11.3. The highest BCUT2D eigenvalue weighted by atomic mass is 16.5. The first-order valence-electron chi connectivity index (χ1n) is 7.22. The van der Waals surface area contributed by atoms with Gasteiger partial charge in [0.05, 0.1) is 6.54 Å².